The molecule has 2 amide bonds. The second kappa shape index (κ2) is 9.35. The van der Waals surface area contributed by atoms with Gasteiger partial charge in [-0.1, -0.05) is 12.5 Å². The summed E-state index contributed by atoms with van der Waals surface area (Å²) < 4.78 is 34.5. The van der Waals surface area contributed by atoms with Gasteiger partial charge in [-0.3, -0.25) is 9.59 Å². The molecule has 0 bridgehead atoms. The largest absolute Gasteiger partial charge is 0.493 e. The van der Waals surface area contributed by atoms with E-state index in [1.807, 2.05) is 0 Å². The number of likely N-dealkylation sites (tertiary alicyclic amines) is 1. The molecule has 1 aromatic carbocycles. The van der Waals surface area contributed by atoms with E-state index in [-0.39, 0.29) is 36.4 Å². The van der Waals surface area contributed by atoms with E-state index in [9.17, 15) is 18.4 Å². The fourth-order valence-electron chi connectivity index (χ4n) is 2.86. The SMILES string of the molecule is COc1ccc(CN(C)C(=O)CN2CCCCCC2=O)cc1OC(F)F. The molecule has 0 aromatic heterocycles. The zero-order valence-electron chi connectivity index (χ0n) is 15.0. The molecule has 0 unspecified atom stereocenters. The Balaban J connectivity index is 2.00. The molecule has 2 rings (SSSR count). The van der Waals surface area contributed by atoms with Gasteiger partial charge in [0.1, 0.15) is 0 Å². The molecular formula is C18H24F2N2O4. The van der Waals surface area contributed by atoms with Crippen LogP contribution in [-0.2, 0) is 16.1 Å². The Hall–Kier alpha value is -2.38. The van der Waals surface area contributed by atoms with Crippen molar-refractivity contribution in [3.05, 3.63) is 23.8 Å². The summed E-state index contributed by atoms with van der Waals surface area (Å²) in [5.41, 5.74) is 0.625. The minimum Gasteiger partial charge on any atom is -0.493 e. The summed E-state index contributed by atoms with van der Waals surface area (Å²) in [6.45, 7) is -2.13. The van der Waals surface area contributed by atoms with Crippen LogP contribution in [0.25, 0.3) is 0 Å². The first kappa shape index (κ1) is 19.9. The van der Waals surface area contributed by atoms with Gasteiger partial charge in [-0.25, -0.2) is 0 Å². The van der Waals surface area contributed by atoms with Crippen LogP contribution in [0, 0.1) is 0 Å². The number of amides is 2. The number of benzene rings is 1. The van der Waals surface area contributed by atoms with Gasteiger partial charge >= 0.3 is 6.61 Å². The molecule has 144 valence electrons. The molecule has 6 nitrogen and oxygen atoms in total. The lowest BCUT2D eigenvalue weighted by Gasteiger charge is -2.24. The smallest absolute Gasteiger partial charge is 0.387 e. The first-order chi connectivity index (χ1) is 12.4. The zero-order chi connectivity index (χ0) is 19.1. The lowest BCUT2D eigenvalue weighted by atomic mass is 10.2. The van der Waals surface area contributed by atoms with Crippen LogP contribution in [0.5, 0.6) is 11.5 Å². The van der Waals surface area contributed by atoms with Crippen LogP contribution < -0.4 is 9.47 Å². The van der Waals surface area contributed by atoms with Gasteiger partial charge < -0.3 is 19.3 Å². The maximum absolute atomic E-state index is 12.5. The molecule has 1 aromatic rings. The van der Waals surface area contributed by atoms with Gasteiger partial charge in [-0.15, -0.1) is 0 Å². The Morgan fingerprint density at radius 3 is 2.73 bits per heavy atom. The fraction of sp³-hybridized carbons (Fsp3) is 0.556. The zero-order valence-corrected chi connectivity index (χ0v) is 15.0. The van der Waals surface area contributed by atoms with Gasteiger partial charge in [-0.2, -0.15) is 8.78 Å². The number of hydrogen-bond acceptors (Lipinski definition) is 4. The number of nitrogens with zero attached hydrogens (tertiary/aromatic N) is 2. The lowest BCUT2D eigenvalue weighted by Crippen LogP contribution is -2.41. The first-order valence-electron chi connectivity index (χ1n) is 8.54. The minimum absolute atomic E-state index is 0.00122. The van der Waals surface area contributed by atoms with Crippen LogP contribution in [0.1, 0.15) is 31.2 Å². The number of hydrogen-bond donors (Lipinski definition) is 0. The van der Waals surface area contributed by atoms with Gasteiger partial charge in [0.25, 0.3) is 0 Å². The normalized spacial score (nSPS) is 15.0. The predicted molar refractivity (Wildman–Crippen MR) is 91.1 cm³/mol. The van der Waals surface area contributed by atoms with Gasteiger partial charge in [0.15, 0.2) is 11.5 Å². The summed E-state index contributed by atoms with van der Waals surface area (Å²) in [5, 5.41) is 0. The van der Waals surface area contributed by atoms with E-state index in [1.165, 1.54) is 24.1 Å². The van der Waals surface area contributed by atoms with Crippen molar-refractivity contribution in [2.24, 2.45) is 0 Å². The van der Waals surface area contributed by atoms with Crippen molar-refractivity contribution in [3.63, 3.8) is 0 Å². The lowest BCUT2D eigenvalue weighted by molar-refractivity contribution is -0.139. The second-order valence-corrected chi connectivity index (χ2v) is 6.24. The summed E-state index contributed by atoms with van der Waals surface area (Å²) >= 11 is 0. The average molecular weight is 370 g/mol. The standard InChI is InChI=1S/C18H24F2N2O4/c1-21(17(24)12-22-9-5-3-4-6-16(22)23)11-13-7-8-14(25-2)15(10-13)26-18(19)20/h7-8,10,18H,3-6,9,11-12H2,1-2H3. The van der Waals surface area contributed by atoms with Crippen LogP contribution in [0.2, 0.25) is 0 Å². The van der Waals surface area contributed by atoms with Crippen molar-refractivity contribution in [3.8, 4) is 11.5 Å². The van der Waals surface area contributed by atoms with E-state index in [0.29, 0.717) is 18.5 Å². The highest BCUT2D eigenvalue weighted by atomic mass is 19.3. The molecule has 0 atom stereocenters. The topological polar surface area (TPSA) is 59.1 Å². The molecular weight excluding hydrogens is 346 g/mol. The van der Waals surface area contributed by atoms with Crippen LogP contribution in [0.4, 0.5) is 8.78 Å². The minimum atomic E-state index is -2.97. The van der Waals surface area contributed by atoms with E-state index in [4.69, 9.17) is 4.74 Å². The van der Waals surface area contributed by atoms with Crippen LogP contribution in [0.3, 0.4) is 0 Å². The molecule has 0 N–H and O–H groups in total. The van der Waals surface area contributed by atoms with Crippen LogP contribution in [0.15, 0.2) is 18.2 Å². The number of methoxy groups -OCH3 is 1. The Bertz CT molecular complexity index is 640. The monoisotopic (exact) mass is 370 g/mol. The maximum Gasteiger partial charge on any atom is 0.387 e. The summed E-state index contributed by atoms with van der Waals surface area (Å²) in [7, 11) is 2.98. The van der Waals surface area contributed by atoms with Crippen LogP contribution >= 0.6 is 0 Å². The molecule has 1 aliphatic heterocycles. The third-order valence-electron chi connectivity index (χ3n) is 4.29. The van der Waals surface area contributed by atoms with Crippen molar-refractivity contribution < 1.29 is 27.8 Å². The van der Waals surface area contributed by atoms with E-state index in [0.717, 1.165) is 19.3 Å². The first-order valence-corrected chi connectivity index (χ1v) is 8.54. The summed E-state index contributed by atoms with van der Waals surface area (Å²) in [6, 6.07) is 4.62. The summed E-state index contributed by atoms with van der Waals surface area (Å²) in [5.74, 6) is -0.0875. The van der Waals surface area contributed by atoms with Crippen molar-refractivity contribution in [1.82, 2.24) is 9.80 Å². The Morgan fingerprint density at radius 1 is 1.27 bits per heavy atom. The number of alkyl halides is 2. The van der Waals surface area contributed by atoms with Gasteiger partial charge in [0.05, 0.1) is 13.7 Å². The van der Waals surface area contributed by atoms with Crippen molar-refractivity contribution in [2.45, 2.75) is 38.8 Å². The molecule has 26 heavy (non-hydrogen) atoms. The highest BCUT2D eigenvalue weighted by Crippen LogP contribution is 2.29. The van der Waals surface area contributed by atoms with Gasteiger partial charge in [0, 0.05) is 26.6 Å². The van der Waals surface area contributed by atoms with Crippen molar-refractivity contribution in [2.75, 3.05) is 27.2 Å². The van der Waals surface area contributed by atoms with Gasteiger partial charge in [0.2, 0.25) is 11.8 Å². The van der Waals surface area contributed by atoms with Crippen molar-refractivity contribution in [1.29, 1.82) is 0 Å². The number of carbonyl (C=O) groups is 2. The molecule has 0 saturated carbocycles. The Morgan fingerprint density at radius 2 is 2.04 bits per heavy atom. The number of likely N-dealkylation sites (N-methyl/N-ethyl adjacent to an activating group) is 1. The van der Waals surface area contributed by atoms with Gasteiger partial charge in [-0.05, 0) is 30.5 Å². The maximum atomic E-state index is 12.5. The van der Waals surface area contributed by atoms with Crippen LogP contribution in [-0.4, -0.2) is 55.5 Å². The predicted octanol–water partition coefficient (Wildman–Crippen LogP) is 2.66. The Labute approximate surface area is 151 Å². The number of ether oxygens (including phenoxy) is 2. The number of halogens is 2. The number of rotatable bonds is 7. The molecule has 0 aliphatic carbocycles. The molecule has 1 saturated heterocycles. The highest BCUT2D eigenvalue weighted by Gasteiger charge is 2.21. The van der Waals surface area contributed by atoms with E-state index >= 15 is 0 Å². The Kier molecular flexibility index (Phi) is 7.17. The molecule has 1 heterocycles. The van der Waals surface area contributed by atoms with Crippen molar-refractivity contribution >= 4 is 11.8 Å². The molecule has 0 spiro atoms. The quantitative estimate of drug-likeness (QED) is 0.740. The molecule has 0 radical (unpaired) electrons. The summed E-state index contributed by atoms with van der Waals surface area (Å²) in [4.78, 5) is 27.5. The summed E-state index contributed by atoms with van der Waals surface area (Å²) in [6.07, 6.45) is 3.22. The fourth-order valence-corrected chi connectivity index (χ4v) is 2.86. The molecule has 8 heteroatoms. The molecule has 1 fully saturated rings. The van der Waals surface area contributed by atoms with E-state index in [1.54, 1.807) is 18.0 Å². The number of carbonyl (C=O) groups excluding carboxylic acids is 2. The third kappa shape index (κ3) is 5.57. The average Bonchev–Trinajstić information content (AvgIpc) is 2.79. The molecule has 1 aliphatic rings. The third-order valence-corrected chi connectivity index (χ3v) is 4.29. The van der Waals surface area contributed by atoms with E-state index in [2.05, 4.69) is 4.74 Å². The van der Waals surface area contributed by atoms with E-state index < -0.39 is 6.61 Å². The second-order valence-electron chi connectivity index (χ2n) is 6.24. The highest BCUT2D eigenvalue weighted by molar-refractivity contribution is 5.84.